The maximum Gasteiger partial charge on any atom is 0.235 e. The zero-order valence-electron chi connectivity index (χ0n) is 18.7. The highest BCUT2D eigenvalue weighted by Gasteiger charge is 2.37. The van der Waals surface area contributed by atoms with Gasteiger partial charge < -0.3 is 19.5 Å². The van der Waals surface area contributed by atoms with E-state index in [0.29, 0.717) is 25.1 Å². The SMILES string of the molecule is CCC1=NC2C=CC=CC2N1c1nc(N2CCOCC2)c2nc(CC3CNC3)n(C)c2n1. The summed E-state index contributed by atoms with van der Waals surface area (Å²) in [6.07, 6.45) is 10.3. The fourth-order valence-corrected chi connectivity index (χ4v) is 4.98. The van der Waals surface area contributed by atoms with Crippen molar-refractivity contribution in [2.45, 2.75) is 31.8 Å². The Morgan fingerprint density at radius 2 is 1.91 bits per heavy atom. The van der Waals surface area contributed by atoms with E-state index in [0.717, 1.165) is 67.7 Å². The van der Waals surface area contributed by atoms with Gasteiger partial charge in [-0.05, 0) is 19.0 Å². The second-order valence-electron chi connectivity index (χ2n) is 8.95. The molecule has 0 amide bonds. The second kappa shape index (κ2) is 7.97. The van der Waals surface area contributed by atoms with E-state index in [1.165, 1.54) is 0 Å². The predicted octanol–water partition coefficient (Wildman–Crippen LogP) is 1.45. The van der Waals surface area contributed by atoms with E-state index in [9.17, 15) is 0 Å². The van der Waals surface area contributed by atoms with Crippen LogP contribution in [0, 0.1) is 5.92 Å². The molecular formula is C23H30N8O. The molecule has 32 heavy (non-hydrogen) atoms. The first-order chi connectivity index (χ1) is 15.7. The van der Waals surface area contributed by atoms with Crippen molar-refractivity contribution in [1.29, 1.82) is 0 Å². The molecule has 2 aromatic rings. The van der Waals surface area contributed by atoms with Crippen LogP contribution in [0.3, 0.4) is 0 Å². The summed E-state index contributed by atoms with van der Waals surface area (Å²) in [5.74, 6) is 4.38. The summed E-state index contributed by atoms with van der Waals surface area (Å²) in [5, 5.41) is 3.36. The third kappa shape index (κ3) is 3.22. The first-order valence-electron chi connectivity index (χ1n) is 11.7. The van der Waals surface area contributed by atoms with Crippen molar-refractivity contribution < 1.29 is 4.74 Å². The van der Waals surface area contributed by atoms with Gasteiger partial charge in [0.05, 0.1) is 25.3 Å². The van der Waals surface area contributed by atoms with Gasteiger partial charge in [-0.15, -0.1) is 0 Å². The van der Waals surface area contributed by atoms with Crippen LogP contribution in [0.15, 0.2) is 29.3 Å². The van der Waals surface area contributed by atoms with Gasteiger partial charge in [0, 0.05) is 33.0 Å². The molecule has 2 fully saturated rings. The number of aliphatic imine (C=N–C) groups is 1. The van der Waals surface area contributed by atoms with Crippen molar-refractivity contribution in [2.24, 2.45) is 18.0 Å². The number of nitrogens with one attached hydrogen (secondary N) is 1. The van der Waals surface area contributed by atoms with Gasteiger partial charge in [-0.1, -0.05) is 31.2 Å². The first-order valence-corrected chi connectivity index (χ1v) is 11.7. The number of anilines is 2. The zero-order chi connectivity index (χ0) is 21.7. The molecule has 2 atom stereocenters. The normalized spacial score (nSPS) is 25.4. The molecule has 2 saturated heterocycles. The van der Waals surface area contributed by atoms with Gasteiger partial charge in [0.15, 0.2) is 17.0 Å². The number of allylic oxidation sites excluding steroid dienone is 2. The molecule has 1 N–H and O–H groups in total. The third-order valence-corrected chi connectivity index (χ3v) is 6.91. The van der Waals surface area contributed by atoms with E-state index in [-0.39, 0.29) is 12.1 Å². The molecule has 2 unspecified atom stereocenters. The van der Waals surface area contributed by atoms with Crippen LogP contribution >= 0.6 is 0 Å². The van der Waals surface area contributed by atoms with Crippen LogP contribution in [0.2, 0.25) is 0 Å². The number of hydrogen-bond acceptors (Lipinski definition) is 8. The van der Waals surface area contributed by atoms with Gasteiger partial charge in [-0.3, -0.25) is 9.89 Å². The molecule has 0 radical (unpaired) electrons. The lowest BCUT2D eigenvalue weighted by Gasteiger charge is -2.30. The van der Waals surface area contributed by atoms with Gasteiger partial charge in [0.1, 0.15) is 11.7 Å². The van der Waals surface area contributed by atoms with Crippen molar-refractivity contribution in [3.05, 3.63) is 30.1 Å². The molecule has 1 aliphatic carbocycles. The van der Waals surface area contributed by atoms with E-state index in [2.05, 4.69) is 58.0 Å². The first kappa shape index (κ1) is 19.9. The quantitative estimate of drug-likeness (QED) is 0.763. The van der Waals surface area contributed by atoms with Crippen molar-refractivity contribution >= 4 is 28.8 Å². The molecule has 9 nitrogen and oxygen atoms in total. The number of imidazole rings is 1. The van der Waals surface area contributed by atoms with Crippen molar-refractivity contribution in [3.8, 4) is 0 Å². The molecule has 0 saturated carbocycles. The number of hydrogen-bond donors (Lipinski definition) is 1. The number of amidine groups is 1. The largest absolute Gasteiger partial charge is 0.378 e. The Balaban J connectivity index is 1.48. The zero-order valence-corrected chi connectivity index (χ0v) is 18.7. The maximum atomic E-state index is 5.61. The Bertz CT molecular complexity index is 1110. The lowest BCUT2D eigenvalue weighted by molar-refractivity contribution is 0.122. The van der Waals surface area contributed by atoms with Crippen molar-refractivity contribution in [3.63, 3.8) is 0 Å². The number of fused-ring (bicyclic) bond motifs is 2. The highest BCUT2D eigenvalue weighted by Crippen LogP contribution is 2.33. The average Bonchev–Trinajstić information content (AvgIpc) is 3.34. The molecule has 2 aromatic heterocycles. The Hall–Kier alpha value is -2.78. The lowest BCUT2D eigenvalue weighted by atomic mass is 9.99. The van der Waals surface area contributed by atoms with Gasteiger partial charge in [0.2, 0.25) is 5.95 Å². The molecule has 168 valence electrons. The smallest absolute Gasteiger partial charge is 0.235 e. The number of morpholine rings is 1. The van der Waals surface area contributed by atoms with Crippen LogP contribution < -0.4 is 15.1 Å². The van der Waals surface area contributed by atoms with Gasteiger partial charge in [0.25, 0.3) is 0 Å². The Kier molecular flexibility index (Phi) is 4.95. The Labute approximate surface area is 187 Å². The second-order valence-corrected chi connectivity index (χ2v) is 8.95. The number of aromatic nitrogens is 4. The Morgan fingerprint density at radius 3 is 2.66 bits per heavy atom. The average molecular weight is 435 g/mol. The van der Waals surface area contributed by atoms with Crippen LogP contribution in [-0.4, -0.2) is 76.8 Å². The lowest BCUT2D eigenvalue weighted by Crippen LogP contribution is -2.43. The van der Waals surface area contributed by atoms with Crippen molar-refractivity contribution in [2.75, 3.05) is 49.2 Å². The van der Waals surface area contributed by atoms with E-state index >= 15 is 0 Å². The highest BCUT2D eigenvalue weighted by molar-refractivity contribution is 6.00. The van der Waals surface area contributed by atoms with Gasteiger partial charge >= 0.3 is 0 Å². The van der Waals surface area contributed by atoms with Crippen LogP contribution in [0.5, 0.6) is 0 Å². The standard InChI is InChI=1S/C23H30N8O/c1-3-18-25-16-6-4-5-7-17(16)31(18)23-27-21-20(22(28-23)30-8-10-32-11-9-30)26-19(29(21)2)12-15-13-24-14-15/h4-7,15-17,24H,3,8-14H2,1-2H3. The minimum atomic E-state index is 0.120. The molecule has 6 rings (SSSR count). The molecular weight excluding hydrogens is 404 g/mol. The Morgan fingerprint density at radius 1 is 1.09 bits per heavy atom. The van der Waals surface area contributed by atoms with E-state index in [1.54, 1.807) is 0 Å². The summed E-state index contributed by atoms with van der Waals surface area (Å²) >= 11 is 0. The van der Waals surface area contributed by atoms with Gasteiger partial charge in [-0.25, -0.2) is 4.98 Å². The topological polar surface area (TPSA) is 83.7 Å². The van der Waals surface area contributed by atoms with Gasteiger partial charge in [-0.2, -0.15) is 9.97 Å². The fraction of sp³-hybridized carbons (Fsp3) is 0.565. The summed E-state index contributed by atoms with van der Waals surface area (Å²) < 4.78 is 7.77. The fourth-order valence-electron chi connectivity index (χ4n) is 4.98. The third-order valence-electron chi connectivity index (χ3n) is 6.91. The van der Waals surface area contributed by atoms with Crippen LogP contribution in [-0.2, 0) is 18.2 Å². The summed E-state index contributed by atoms with van der Waals surface area (Å²) in [6.45, 7) is 7.30. The molecule has 4 aliphatic rings. The number of aryl methyl sites for hydroxylation is 1. The highest BCUT2D eigenvalue weighted by atomic mass is 16.5. The predicted molar refractivity (Wildman–Crippen MR) is 125 cm³/mol. The molecule has 3 aliphatic heterocycles. The molecule has 0 bridgehead atoms. The van der Waals surface area contributed by atoms with E-state index in [1.807, 2.05) is 0 Å². The maximum absolute atomic E-state index is 5.61. The number of rotatable bonds is 5. The summed E-state index contributed by atoms with van der Waals surface area (Å²) in [4.78, 5) is 24.7. The molecule has 0 spiro atoms. The van der Waals surface area contributed by atoms with Crippen LogP contribution in [0.1, 0.15) is 19.2 Å². The number of nitrogens with zero attached hydrogens (tertiary/aromatic N) is 7. The van der Waals surface area contributed by atoms with E-state index < -0.39 is 0 Å². The minimum Gasteiger partial charge on any atom is -0.378 e. The molecule has 9 heteroatoms. The minimum absolute atomic E-state index is 0.120. The van der Waals surface area contributed by atoms with Crippen LogP contribution in [0.4, 0.5) is 11.8 Å². The summed E-state index contributed by atoms with van der Waals surface area (Å²) in [5.41, 5.74) is 1.79. The molecule has 5 heterocycles. The monoisotopic (exact) mass is 434 g/mol. The summed E-state index contributed by atoms with van der Waals surface area (Å²) in [7, 11) is 2.08. The summed E-state index contributed by atoms with van der Waals surface area (Å²) in [6, 6.07) is 0.244. The van der Waals surface area contributed by atoms with Crippen molar-refractivity contribution in [1.82, 2.24) is 24.8 Å². The number of ether oxygens (including phenoxy) is 1. The van der Waals surface area contributed by atoms with E-state index in [4.69, 9.17) is 24.7 Å². The van der Waals surface area contributed by atoms with Crippen LogP contribution in [0.25, 0.3) is 11.2 Å². The molecule has 0 aromatic carbocycles.